The summed E-state index contributed by atoms with van der Waals surface area (Å²) in [6.07, 6.45) is 24.4. The van der Waals surface area contributed by atoms with Crippen LogP contribution >= 0.6 is 0 Å². The quantitative estimate of drug-likeness (QED) is 0.154. The largest absolute Gasteiger partial charge is 0.303 e. The van der Waals surface area contributed by atoms with E-state index in [0.717, 1.165) is 38.3 Å². The Bertz CT molecular complexity index is 271. The Morgan fingerprint density at radius 3 is 1.00 bits per heavy atom. The first-order valence-electron chi connectivity index (χ1n) is 11.7. The second-order valence-corrected chi connectivity index (χ2v) is 8.13. The molecule has 26 heavy (non-hydrogen) atoms. The Morgan fingerprint density at radius 1 is 0.462 bits per heavy atom. The third-order valence-electron chi connectivity index (χ3n) is 5.68. The van der Waals surface area contributed by atoms with Gasteiger partial charge in [-0.1, -0.05) is 117 Å². The Labute approximate surface area is 163 Å². The molecule has 2 atom stereocenters. The molecule has 0 heterocycles. The zero-order valence-corrected chi connectivity index (χ0v) is 17.9. The molecule has 0 radical (unpaired) electrons. The minimum atomic E-state index is -0.0443. The third-order valence-corrected chi connectivity index (χ3v) is 5.68. The number of hydrogen-bond acceptors (Lipinski definition) is 2. The van der Waals surface area contributed by atoms with Gasteiger partial charge in [0, 0.05) is 11.8 Å². The van der Waals surface area contributed by atoms with Crippen molar-refractivity contribution in [2.75, 3.05) is 0 Å². The highest BCUT2D eigenvalue weighted by atomic mass is 16.1. The van der Waals surface area contributed by atoms with Crippen LogP contribution in [0.3, 0.4) is 0 Å². The van der Waals surface area contributed by atoms with Gasteiger partial charge in [-0.3, -0.25) is 0 Å². The Kier molecular flexibility index (Phi) is 20.1. The zero-order chi connectivity index (χ0) is 19.3. The number of rotatable bonds is 21. The van der Waals surface area contributed by atoms with E-state index in [2.05, 4.69) is 13.8 Å². The number of carbonyl (C=O) groups excluding carboxylic acids is 2. The van der Waals surface area contributed by atoms with Crippen molar-refractivity contribution in [1.29, 1.82) is 0 Å². The lowest BCUT2D eigenvalue weighted by Crippen LogP contribution is -2.18. The molecule has 0 aliphatic carbocycles. The van der Waals surface area contributed by atoms with Gasteiger partial charge >= 0.3 is 0 Å². The summed E-state index contributed by atoms with van der Waals surface area (Å²) in [6, 6.07) is 0. The first-order chi connectivity index (χ1) is 12.8. The Hall–Kier alpha value is -0.660. The summed E-state index contributed by atoms with van der Waals surface area (Å²) in [7, 11) is 0. The molecular weight excluding hydrogens is 320 g/mol. The predicted octanol–water partition coefficient (Wildman–Crippen LogP) is 7.68. The molecule has 0 aromatic heterocycles. The first kappa shape index (κ1) is 25.3. The number of aldehydes is 2. The topological polar surface area (TPSA) is 34.1 Å². The van der Waals surface area contributed by atoms with Crippen LogP contribution in [0.4, 0.5) is 0 Å². The molecule has 2 unspecified atom stereocenters. The first-order valence-corrected chi connectivity index (χ1v) is 11.7. The number of carbonyl (C=O) groups is 2. The average molecular weight is 367 g/mol. The summed E-state index contributed by atoms with van der Waals surface area (Å²) >= 11 is 0. The highest BCUT2D eigenvalue weighted by Crippen LogP contribution is 2.22. The molecule has 0 bridgehead atoms. The monoisotopic (exact) mass is 366 g/mol. The van der Waals surface area contributed by atoms with Gasteiger partial charge in [-0.15, -0.1) is 0 Å². The molecule has 0 spiro atoms. The molecule has 2 heteroatoms. The normalized spacial score (nSPS) is 13.5. The lowest BCUT2D eigenvalue weighted by Gasteiger charge is -2.17. The van der Waals surface area contributed by atoms with Crippen molar-refractivity contribution in [2.45, 2.75) is 129 Å². The number of unbranched alkanes of at least 4 members (excludes halogenated alkanes) is 14. The molecule has 0 rings (SSSR count). The van der Waals surface area contributed by atoms with Crippen LogP contribution in [0.25, 0.3) is 0 Å². The van der Waals surface area contributed by atoms with E-state index < -0.39 is 0 Å². The summed E-state index contributed by atoms with van der Waals surface area (Å²) in [6.45, 7) is 4.49. The lowest BCUT2D eigenvalue weighted by molar-refractivity contribution is -0.119. The minimum absolute atomic E-state index is 0.0443. The van der Waals surface area contributed by atoms with E-state index >= 15 is 0 Å². The van der Waals surface area contributed by atoms with E-state index in [1.54, 1.807) is 0 Å². The lowest BCUT2D eigenvalue weighted by atomic mass is 9.86. The fourth-order valence-electron chi connectivity index (χ4n) is 3.79. The minimum Gasteiger partial charge on any atom is -0.303 e. The van der Waals surface area contributed by atoms with E-state index in [1.165, 1.54) is 89.9 Å². The molecule has 0 amide bonds. The molecule has 0 aliphatic rings. The van der Waals surface area contributed by atoms with Crippen LogP contribution in [0.5, 0.6) is 0 Å². The van der Waals surface area contributed by atoms with Crippen molar-refractivity contribution in [3.63, 3.8) is 0 Å². The molecule has 0 aliphatic heterocycles. The summed E-state index contributed by atoms with van der Waals surface area (Å²) in [5.74, 6) is -0.0886. The summed E-state index contributed by atoms with van der Waals surface area (Å²) in [4.78, 5) is 22.8. The second kappa shape index (κ2) is 20.6. The van der Waals surface area contributed by atoms with Crippen LogP contribution in [0.2, 0.25) is 0 Å². The summed E-state index contributed by atoms with van der Waals surface area (Å²) in [5, 5.41) is 0. The van der Waals surface area contributed by atoms with Gasteiger partial charge in [0.05, 0.1) is 0 Å². The second-order valence-electron chi connectivity index (χ2n) is 8.13. The summed E-state index contributed by atoms with van der Waals surface area (Å²) in [5.41, 5.74) is 0. The molecule has 0 saturated heterocycles. The standard InChI is InChI=1S/C24H46O2/c1-3-5-7-9-11-13-15-17-19-23(21-25)24(22-26)20-18-16-14-12-10-8-6-4-2/h21-24H,3-20H2,1-2H3. The fraction of sp³-hybridized carbons (Fsp3) is 0.917. The molecular formula is C24H46O2. The van der Waals surface area contributed by atoms with Crippen LogP contribution in [0.15, 0.2) is 0 Å². The Balaban J connectivity index is 3.71. The van der Waals surface area contributed by atoms with Gasteiger partial charge in [-0.25, -0.2) is 0 Å². The molecule has 0 aromatic rings. The van der Waals surface area contributed by atoms with E-state index in [9.17, 15) is 9.59 Å². The van der Waals surface area contributed by atoms with Crippen molar-refractivity contribution in [3.05, 3.63) is 0 Å². The maximum atomic E-state index is 11.4. The molecule has 0 fully saturated rings. The molecule has 2 nitrogen and oxygen atoms in total. The van der Waals surface area contributed by atoms with Gasteiger partial charge in [0.2, 0.25) is 0 Å². The SMILES string of the molecule is CCCCCCCCCCC(C=O)C(C=O)CCCCCCCCCC. The smallest absolute Gasteiger partial charge is 0.123 e. The van der Waals surface area contributed by atoms with Gasteiger partial charge in [0.15, 0.2) is 0 Å². The van der Waals surface area contributed by atoms with Gasteiger partial charge in [-0.05, 0) is 12.8 Å². The van der Waals surface area contributed by atoms with Crippen molar-refractivity contribution in [3.8, 4) is 0 Å². The highest BCUT2D eigenvalue weighted by molar-refractivity contribution is 5.64. The molecule has 0 aromatic carbocycles. The van der Waals surface area contributed by atoms with Crippen LogP contribution < -0.4 is 0 Å². The van der Waals surface area contributed by atoms with E-state index in [1.807, 2.05) is 0 Å². The van der Waals surface area contributed by atoms with E-state index in [4.69, 9.17) is 0 Å². The average Bonchev–Trinajstić information content (AvgIpc) is 2.66. The zero-order valence-electron chi connectivity index (χ0n) is 17.9. The van der Waals surface area contributed by atoms with Gasteiger partial charge in [-0.2, -0.15) is 0 Å². The van der Waals surface area contributed by atoms with Gasteiger partial charge < -0.3 is 9.59 Å². The van der Waals surface area contributed by atoms with Gasteiger partial charge in [0.1, 0.15) is 12.6 Å². The van der Waals surface area contributed by atoms with Crippen molar-refractivity contribution < 1.29 is 9.59 Å². The highest BCUT2D eigenvalue weighted by Gasteiger charge is 2.19. The van der Waals surface area contributed by atoms with Gasteiger partial charge in [0.25, 0.3) is 0 Å². The molecule has 0 saturated carbocycles. The predicted molar refractivity (Wildman–Crippen MR) is 114 cm³/mol. The van der Waals surface area contributed by atoms with Crippen LogP contribution in [-0.2, 0) is 9.59 Å². The van der Waals surface area contributed by atoms with Crippen molar-refractivity contribution in [2.24, 2.45) is 11.8 Å². The molecule has 0 N–H and O–H groups in total. The maximum Gasteiger partial charge on any atom is 0.123 e. The number of hydrogen-bond donors (Lipinski definition) is 0. The van der Waals surface area contributed by atoms with Crippen molar-refractivity contribution in [1.82, 2.24) is 0 Å². The van der Waals surface area contributed by atoms with E-state index in [-0.39, 0.29) is 11.8 Å². The molecule has 154 valence electrons. The van der Waals surface area contributed by atoms with E-state index in [0.29, 0.717) is 0 Å². The van der Waals surface area contributed by atoms with Crippen molar-refractivity contribution >= 4 is 12.6 Å². The third kappa shape index (κ3) is 15.6. The fourth-order valence-corrected chi connectivity index (χ4v) is 3.79. The van der Waals surface area contributed by atoms with Crippen LogP contribution in [-0.4, -0.2) is 12.6 Å². The maximum absolute atomic E-state index is 11.4. The van der Waals surface area contributed by atoms with Crippen LogP contribution in [0.1, 0.15) is 129 Å². The Morgan fingerprint density at radius 2 is 0.731 bits per heavy atom. The van der Waals surface area contributed by atoms with Crippen LogP contribution in [0, 0.1) is 11.8 Å². The summed E-state index contributed by atoms with van der Waals surface area (Å²) < 4.78 is 0.